The molecule has 0 atom stereocenters. The van der Waals surface area contributed by atoms with Crippen molar-refractivity contribution in [1.29, 1.82) is 0 Å². The Kier molecular flexibility index (Phi) is 4.12. The molecular formula is C23H20N4O2. The van der Waals surface area contributed by atoms with Crippen LogP contribution >= 0.6 is 0 Å². The molecule has 5 rings (SSSR count). The number of hydrogen-bond acceptors (Lipinski definition) is 6. The predicted molar refractivity (Wildman–Crippen MR) is 108 cm³/mol. The van der Waals surface area contributed by atoms with Crippen LogP contribution in [0.2, 0.25) is 0 Å². The monoisotopic (exact) mass is 384 g/mol. The minimum Gasteiger partial charge on any atom is -0.438 e. The second kappa shape index (κ2) is 6.81. The number of hydrogen-bond donors (Lipinski definition) is 0. The highest BCUT2D eigenvalue weighted by atomic mass is 16.5. The maximum absolute atomic E-state index is 5.85. The van der Waals surface area contributed by atoms with Crippen molar-refractivity contribution in [2.24, 2.45) is 0 Å². The van der Waals surface area contributed by atoms with E-state index in [-0.39, 0.29) is 5.41 Å². The van der Waals surface area contributed by atoms with Gasteiger partial charge in [-0.15, -0.1) is 10.2 Å². The van der Waals surface area contributed by atoms with Gasteiger partial charge in [-0.1, -0.05) is 47.1 Å². The number of rotatable bonds is 5. The van der Waals surface area contributed by atoms with Crippen LogP contribution in [0, 0.1) is 13.8 Å². The third-order valence-electron chi connectivity index (χ3n) is 5.38. The van der Waals surface area contributed by atoms with Gasteiger partial charge in [0.1, 0.15) is 11.4 Å². The third kappa shape index (κ3) is 3.38. The van der Waals surface area contributed by atoms with Crippen LogP contribution in [-0.2, 0) is 5.41 Å². The van der Waals surface area contributed by atoms with Crippen molar-refractivity contribution in [1.82, 2.24) is 20.3 Å². The first-order valence-corrected chi connectivity index (χ1v) is 9.62. The average molecular weight is 384 g/mol. The van der Waals surface area contributed by atoms with Gasteiger partial charge in [0.05, 0.1) is 0 Å². The van der Waals surface area contributed by atoms with E-state index in [0.29, 0.717) is 23.3 Å². The first kappa shape index (κ1) is 17.6. The van der Waals surface area contributed by atoms with Crippen LogP contribution in [0.25, 0.3) is 11.5 Å². The van der Waals surface area contributed by atoms with Gasteiger partial charge >= 0.3 is 0 Å². The maximum atomic E-state index is 5.85. The highest BCUT2D eigenvalue weighted by molar-refractivity contribution is 5.49. The normalized spacial score (nSPS) is 14.6. The highest BCUT2D eigenvalue weighted by Gasteiger charge is 2.45. The summed E-state index contributed by atoms with van der Waals surface area (Å²) in [6.07, 6.45) is 2.36. The van der Waals surface area contributed by atoms with E-state index in [1.165, 1.54) is 29.5 Å². The summed E-state index contributed by atoms with van der Waals surface area (Å²) in [5.74, 6) is 2.05. The first-order chi connectivity index (χ1) is 14.1. The smallest absolute Gasteiger partial charge is 0.238 e. The van der Waals surface area contributed by atoms with E-state index in [1.807, 2.05) is 12.1 Å². The van der Waals surface area contributed by atoms with Crippen molar-refractivity contribution in [3.8, 4) is 23.1 Å². The summed E-state index contributed by atoms with van der Waals surface area (Å²) in [5, 5.41) is 12.1. The molecule has 1 fully saturated rings. The van der Waals surface area contributed by atoms with Gasteiger partial charge in [-0.25, -0.2) is 0 Å². The summed E-state index contributed by atoms with van der Waals surface area (Å²) in [7, 11) is 0. The summed E-state index contributed by atoms with van der Waals surface area (Å²) < 4.78 is 10.8. The van der Waals surface area contributed by atoms with Gasteiger partial charge in [-0.2, -0.15) is 4.98 Å². The second-order valence-corrected chi connectivity index (χ2v) is 7.47. The van der Waals surface area contributed by atoms with Crippen LogP contribution in [-0.4, -0.2) is 20.3 Å². The fourth-order valence-corrected chi connectivity index (χ4v) is 3.60. The van der Waals surface area contributed by atoms with E-state index in [2.05, 4.69) is 63.7 Å². The van der Waals surface area contributed by atoms with Gasteiger partial charge in [-0.05, 0) is 49.1 Å². The Labute approximate surface area is 168 Å². The van der Waals surface area contributed by atoms with E-state index in [4.69, 9.17) is 9.26 Å². The lowest BCUT2D eigenvalue weighted by atomic mass is 9.88. The minimum absolute atomic E-state index is 0.149. The molecule has 1 aliphatic carbocycles. The molecule has 144 valence electrons. The van der Waals surface area contributed by atoms with Crippen LogP contribution in [0.5, 0.6) is 11.6 Å². The Bertz CT molecular complexity index is 1130. The molecule has 2 heterocycles. The maximum Gasteiger partial charge on any atom is 0.238 e. The van der Waals surface area contributed by atoms with Gasteiger partial charge in [0.25, 0.3) is 0 Å². The summed E-state index contributed by atoms with van der Waals surface area (Å²) in [5.41, 5.74) is 4.68. The molecule has 0 unspecified atom stereocenters. The molecule has 0 saturated heterocycles. The van der Waals surface area contributed by atoms with Crippen molar-refractivity contribution in [3.05, 3.63) is 83.2 Å². The van der Waals surface area contributed by atoms with Crippen molar-refractivity contribution < 1.29 is 9.26 Å². The van der Waals surface area contributed by atoms with Gasteiger partial charge < -0.3 is 9.26 Å². The average Bonchev–Trinajstić information content (AvgIpc) is 3.44. The van der Waals surface area contributed by atoms with Crippen LogP contribution in [0.4, 0.5) is 0 Å². The zero-order valence-electron chi connectivity index (χ0n) is 16.3. The summed E-state index contributed by atoms with van der Waals surface area (Å²) in [6.45, 7) is 3.85. The van der Waals surface area contributed by atoms with E-state index in [1.54, 1.807) is 19.1 Å². The fraction of sp³-hybridized carbons (Fsp3) is 0.217. The molecule has 2 aromatic heterocycles. The number of ether oxygens (including phenoxy) is 1. The molecule has 29 heavy (non-hydrogen) atoms. The molecule has 6 nitrogen and oxygen atoms in total. The van der Waals surface area contributed by atoms with Crippen molar-refractivity contribution in [3.63, 3.8) is 0 Å². The molecule has 0 spiro atoms. The lowest BCUT2D eigenvalue weighted by Gasteiger charge is -2.17. The summed E-state index contributed by atoms with van der Waals surface area (Å²) in [6, 6.07) is 20.6. The Morgan fingerprint density at radius 2 is 1.52 bits per heavy atom. The fourth-order valence-electron chi connectivity index (χ4n) is 3.60. The largest absolute Gasteiger partial charge is 0.438 e. The SMILES string of the molecule is Cc1ccc(C2(c3ccc(Oc4ccc(-c5noc(C)n5)nn4)cc3)CC2)cc1. The van der Waals surface area contributed by atoms with Crippen LogP contribution in [0.1, 0.15) is 35.4 Å². The molecule has 4 aromatic rings. The molecule has 1 aliphatic rings. The van der Waals surface area contributed by atoms with Gasteiger partial charge in [-0.3, -0.25) is 0 Å². The number of nitrogens with zero attached hydrogens (tertiary/aromatic N) is 4. The molecule has 2 aromatic carbocycles. The number of aromatic nitrogens is 4. The zero-order valence-corrected chi connectivity index (χ0v) is 16.3. The molecule has 1 saturated carbocycles. The Balaban J connectivity index is 1.31. The lowest BCUT2D eigenvalue weighted by Crippen LogP contribution is -2.08. The third-order valence-corrected chi connectivity index (χ3v) is 5.38. The predicted octanol–water partition coefficient (Wildman–Crippen LogP) is 5.02. The number of aryl methyl sites for hydroxylation is 2. The molecule has 0 amide bonds. The minimum atomic E-state index is 0.149. The van der Waals surface area contributed by atoms with Gasteiger partial charge in [0.2, 0.25) is 17.6 Å². The Morgan fingerprint density at radius 1 is 0.828 bits per heavy atom. The summed E-state index contributed by atoms with van der Waals surface area (Å²) >= 11 is 0. The highest BCUT2D eigenvalue weighted by Crippen LogP contribution is 2.53. The Morgan fingerprint density at radius 3 is 2.07 bits per heavy atom. The molecule has 6 heteroatoms. The zero-order chi connectivity index (χ0) is 19.8. The van der Waals surface area contributed by atoms with E-state index in [0.717, 1.165) is 5.75 Å². The van der Waals surface area contributed by atoms with Crippen molar-refractivity contribution in [2.75, 3.05) is 0 Å². The van der Waals surface area contributed by atoms with Crippen LogP contribution in [0.15, 0.2) is 65.2 Å². The van der Waals surface area contributed by atoms with E-state index < -0.39 is 0 Å². The Hall–Kier alpha value is -3.54. The van der Waals surface area contributed by atoms with E-state index in [9.17, 15) is 0 Å². The van der Waals surface area contributed by atoms with Gasteiger partial charge in [0, 0.05) is 18.4 Å². The van der Waals surface area contributed by atoms with Crippen molar-refractivity contribution in [2.45, 2.75) is 32.1 Å². The van der Waals surface area contributed by atoms with E-state index >= 15 is 0 Å². The molecular weight excluding hydrogens is 364 g/mol. The number of benzene rings is 2. The molecule has 0 N–H and O–H groups in total. The van der Waals surface area contributed by atoms with Crippen LogP contribution in [0.3, 0.4) is 0 Å². The standard InChI is InChI=1S/C23H20N4O2/c1-15-3-5-17(6-4-15)23(13-14-23)18-7-9-19(10-8-18)28-21-12-11-20(25-26-21)22-24-16(2)29-27-22/h3-12H,13-14H2,1-2H3. The second-order valence-electron chi connectivity index (χ2n) is 7.47. The molecule has 0 aliphatic heterocycles. The topological polar surface area (TPSA) is 73.9 Å². The van der Waals surface area contributed by atoms with Crippen molar-refractivity contribution >= 4 is 0 Å². The molecule has 0 radical (unpaired) electrons. The van der Waals surface area contributed by atoms with Gasteiger partial charge in [0.15, 0.2) is 0 Å². The first-order valence-electron chi connectivity index (χ1n) is 9.62. The lowest BCUT2D eigenvalue weighted by molar-refractivity contribution is 0.394. The quantitative estimate of drug-likeness (QED) is 0.481. The molecule has 0 bridgehead atoms. The van der Waals surface area contributed by atoms with Crippen LogP contribution < -0.4 is 4.74 Å². The summed E-state index contributed by atoms with van der Waals surface area (Å²) in [4.78, 5) is 4.14.